The van der Waals surface area contributed by atoms with Crippen LogP contribution in [0.1, 0.15) is 42.8 Å². The van der Waals surface area contributed by atoms with Crippen molar-refractivity contribution in [1.82, 2.24) is 10.3 Å². The first-order chi connectivity index (χ1) is 10.2. The van der Waals surface area contributed by atoms with Crippen molar-refractivity contribution < 1.29 is 0 Å². The van der Waals surface area contributed by atoms with Gasteiger partial charge in [0.2, 0.25) is 0 Å². The smallest absolute Gasteiger partial charge is 0.185 e. The molecule has 1 aromatic heterocycles. The van der Waals surface area contributed by atoms with Gasteiger partial charge in [0.25, 0.3) is 0 Å². The number of hydrogen-bond donors (Lipinski definition) is 1. The minimum atomic E-state index is 0.352. The summed E-state index contributed by atoms with van der Waals surface area (Å²) < 4.78 is 0. The summed E-state index contributed by atoms with van der Waals surface area (Å²) in [6, 6.07) is 8.90. The second-order valence-corrected chi connectivity index (χ2v) is 6.33. The fourth-order valence-electron chi connectivity index (χ4n) is 2.46. The topological polar surface area (TPSA) is 28.2 Å². The lowest BCUT2D eigenvalue weighted by Crippen LogP contribution is -2.21. The number of benzene rings is 1. The molecule has 1 N–H and O–H groups in total. The van der Waals surface area contributed by atoms with Gasteiger partial charge in [-0.3, -0.25) is 0 Å². The third-order valence-electron chi connectivity index (χ3n) is 3.81. The number of aromatic nitrogens is 1. The first kappa shape index (κ1) is 16.0. The number of nitrogens with one attached hydrogen (secondary N) is 1. The van der Waals surface area contributed by atoms with E-state index in [9.17, 15) is 0 Å². The predicted octanol–water partition coefficient (Wildman–Crippen LogP) is 4.15. The molecule has 114 valence electrons. The lowest BCUT2D eigenvalue weighted by atomic mass is 10.0. The molecule has 0 fully saturated rings. The van der Waals surface area contributed by atoms with Gasteiger partial charge in [-0.05, 0) is 38.8 Å². The zero-order valence-electron chi connectivity index (χ0n) is 13.4. The molecule has 2 rings (SSSR count). The van der Waals surface area contributed by atoms with Gasteiger partial charge in [0.05, 0.1) is 0 Å². The van der Waals surface area contributed by atoms with Crippen LogP contribution < -0.4 is 10.2 Å². The highest BCUT2D eigenvalue weighted by Gasteiger charge is 2.10. The molecule has 0 bridgehead atoms. The fraction of sp³-hybridized carbons (Fsp3) is 0.471. The Morgan fingerprint density at radius 2 is 1.95 bits per heavy atom. The van der Waals surface area contributed by atoms with Crippen LogP contribution in [0.4, 0.5) is 5.13 Å². The molecular weight excluding hydrogens is 278 g/mol. The molecule has 0 aliphatic rings. The summed E-state index contributed by atoms with van der Waals surface area (Å²) in [6.45, 7) is 11.6. The average Bonchev–Trinajstić information content (AvgIpc) is 2.95. The largest absolute Gasteiger partial charge is 0.349 e. The van der Waals surface area contributed by atoms with Gasteiger partial charge in [-0.25, -0.2) is 4.98 Å². The number of rotatable bonds is 7. The maximum absolute atomic E-state index is 4.53. The van der Waals surface area contributed by atoms with Crippen LogP contribution in [0, 0.1) is 6.92 Å². The van der Waals surface area contributed by atoms with Gasteiger partial charge in [-0.1, -0.05) is 24.3 Å². The minimum absolute atomic E-state index is 0.352. The fourth-order valence-corrected chi connectivity index (χ4v) is 3.44. The van der Waals surface area contributed by atoms with E-state index in [-0.39, 0.29) is 0 Å². The van der Waals surface area contributed by atoms with Gasteiger partial charge in [-0.2, -0.15) is 0 Å². The third-order valence-corrected chi connectivity index (χ3v) is 4.87. The third kappa shape index (κ3) is 4.05. The van der Waals surface area contributed by atoms with Gasteiger partial charge in [-0.15, -0.1) is 11.3 Å². The van der Waals surface area contributed by atoms with Crippen molar-refractivity contribution in [3.8, 4) is 0 Å². The Bertz CT molecular complexity index is 561. The van der Waals surface area contributed by atoms with Crippen molar-refractivity contribution >= 4 is 16.5 Å². The maximum atomic E-state index is 4.53. The second-order valence-electron chi connectivity index (χ2n) is 5.24. The van der Waals surface area contributed by atoms with Crippen LogP contribution in [0.5, 0.6) is 0 Å². The van der Waals surface area contributed by atoms with E-state index < -0.39 is 0 Å². The first-order valence-electron chi connectivity index (χ1n) is 7.64. The SMILES string of the molecule is CCN(CC)c1ncc(CN[C@H](C)c2ccccc2C)s1. The molecule has 1 atom stereocenters. The van der Waals surface area contributed by atoms with Gasteiger partial charge < -0.3 is 10.2 Å². The van der Waals surface area contributed by atoms with E-state index in [1.165, 1.54) is 16.0 Å². The molecule has 0 saturated heterocycles. The minimum Gasteiger partial charge on any atom is -0.349 e. The highest BCUT2D eigenvalue weighted by Crippen LogP contribution is 2.23. The Balaban J connectivity index is 1.96. The lowest BCUT2D eigenvalue weighted by molar-refractivity contribution is 0.576. The highest BCUT2D eigenvalue weighted by molar-refractivity contribution is 7.15. The van der Waals surface area contributed by atoms with Crippen LogP contribution in [0.2, 0.25) is 0 Å². The van der Waals surface area contributed by atoms with E-state index >= 15 is 0 Å². The molecule has 1 heterocycles. The van der Waals surface area contributed by atoms with E-state index in [2.05, 4.69) is 67.2 Å². The summed E-state index contributed by atoms with van der Waals surface area (Å²) in [6.07, 6.45) is 2.00. The Labute approximate surface area is 132 Å². The van der Waals surface area contributed by atoms with Crippen LogP contribution in [-0.4, -0.2) is 18.1 Å². The average molecular weight is 303 g/mol. The van der Waals surface area contributed by atoms with Gasteiger partial charge >= 0.3 is 0 Å². The Morgan fingerprint density at radius 1 is 1.24 bits per heavy atom. The zero-order valence-corrected chi connectivity index (χ0v) is 14.2. The first-order valence-corrected chi connectivity index (χ1v) is 8.45. The highest BCUT2D eigenvalue weighted by atomic mass is 32.1. The molecular formula is C17H25N3S. The Hall–Kier alpha value is -1.39. The van der Waals surface area contributed by atoms with Crippen molar-refractivity contribution in [1.29, 1.82) is 0 Å². The van der Waals surface area contributed by atoms with Gasteiger partial charge in [0, 0.05) is 36.8 Å². The summed E-state index contributed by atoms with van der Waals surface area (Å²) in [4.78, 5) is 8.11. The van der Waals surface area contributed by atoms with E-state index in [1.807, 2.05) is 6.20 Å². The molecule has 4 heteroatoms. The summed E-state index contributed by atoms with van der Waals surface area (Å²) in [5, 5.41) is 4.72. The number of thiazole rings is 1. The summed E-state index contributed by atoms with van der Waals surface area (Å²) in [7, 11) is 0. The summed E-state index contributed by atoms with van der Waals surface area (Å²) in [5.74, 6) is 0. The quantitative estimate of drug-likeness (QED) is 0.833. The number of hydrogen-bond acceptors (Lipinski definition) is 4. The van der Waals surface area contributed by atoms with Crippen molar-refractivity contribution in [3.63, 3.8) is 0 Å². The maximum Gasteiger partial charge on any atom is 0.185 e. The van der Waals surface area contributed by atoms with Crippen molar-refractivity contribution in [3.05, 3.63) is 46.5 Å². The van der Waals surface area contributed by atoms with Crippen LogP contribution in [-0.2, 0) is 6.54 Å². The van der Waals surface area contributed by atoms with E-state index in [0.717, 1.165) is 24.8 Å². The van der Waals surface area contributed by atoms with Crippen LogP contribution >= 0.6 is 11.3 Å². The van der Waals surface area contributed by atoms with E-state index in [4.69, 9.17) is 0 Å². The normalized spacial score (nSPS) is 12.4. The molecule has 0 aliphatic heterocycles. The predicted molar refractivity (Wildman–Crippen MR) is 92.1 cm³/mol. The molecule has 1 aromatic carbocycles. The number of anilines is 1. The molecule has 0 saturated carbocycles. The molecule has 0 spiro atoms. The lowest BCUT2D eigenvalue weighted by Gasteiger charge is -2.17. The van der Waals surface area contributed by atoms with Gasteiger partial charge in [0.15, 0.2) is 5.13 Å². The van der Waals surface area contributed by atoms with Crippen molar-refractivity contribution in [2.24, 2.45) is 0 Å². The van der Waals surface area contributed by atoms with Crippen molar-refractivity contribution in [2.45, 2.75) is 40.3 Å². The van der Waals surface area contributed by atoms with Crippen LogP contribution in [0.3, 0.4) is 0 Å². The van der Waals surface area contributed by atoms with Crippen LogP contribution in [0.15, 0.2) is 30.5 Å². The van der Waals surface area contributed by atoms with Crippen LogP contribution in [0.25, 0.3) is 0 Å². The number of nitrogens with zero attached hydrogens (tertiary/aromatic N) is 2. The summed E-state index contributed by atoms with van der Waals surface area (Å²) >= 11 is 1.78. The Kier molecular flexibility index (Phi) is 5.76. The number of aryl methyl sites for hydroxylation is 1. The molecule has 3 nitrogen and oxygen atoms in total. The molecule has 21 heavy (non-hydrogen) atoms. The van der Waals surface area contributed by atoms with Gasteiger partial charge in [0.1, 0.15) is 0 Å². The Morgan fingerprint density at radius 3 is 2.62 bits per heavy atom. The second kappa shape index (κ2) is 7.57. The molecule has 2 aromatic rings. The van der Waals surface area contributed by atoms with E-state index in [1.54, 1.807) is 11.3 Å². The summed E-state index contributed by atoms with van der Waals surface area (Å²) in [5.41, 5.74) is 2.71. The molecule has 0 amide bonds. The molecule has 0 unspecified atom stereocenters. The standard InChI is InChI=1S/C17H25N3S/c1-5-20(6-2)17-19-12-15(21-17)11-18-14(4)16-10-8-7-9-13(16)3/h7-10,12,14,18H,5-6,11H2,1-4H3/t14-/m1/s1. The van der Waals surface area contributed by atoms with Crippen molar-refractivity contribution in [2.75, 3.05) is 18.0 Å². The molecule has 0 aliphatic carbocycles. The zero-order chi connectivity index (χ0) is 15.2. The monoisotopic (exact) mass is 303 g/mol. The van der Waals surface area contributed by atoms with E-state index in [0.29, 0.717) is 6.04 Å². The molecule has 0 radical (unpaired) electrons.